The van der Waals surface area contributed by atoms with E-state index in [0.29, 0.717) is 11.3 Å². The Morgan fingerprint density at radius 3 is 2.11 bits per heavy atom. The SMILES string of the molecule is [C-]#[N+]c1[c-]c(-c2ccccn2)c(C#N)cc1C#N.[Ir].[c-]1ccccc1-c1cc(-c2ccccc2)ccn1. The zero-order chi connectivity index (χ0) is 25.2. The van der Waals surface area contributed by atoms with Crippen molar-refractivity contribution in [2.24, 2.45) is 0 Å². The fourth-order valence-electron chi connectivity index (χ4n) is 3.45. The van der Waals surface area contributed by atoms with Crippen molar-refractivity contribution in [1.82, 2.24) is 9.97 Å². The molecule has 2 aromatic heterocycles. The molecule has 3 aromatic carbocycles. The molecule has 0 aliphatic heterocycles. The second kappa shape index (κ2) is 13.2. The van der Waals surface area contributed by atoms with Gasteiger partial charge in [0.15, 0.2) is 0 Å². The molecule has 0 atom stereocenters. The van der Waals surface area contributed by atoms with Gasteiger partial charge in [0.05, 0.1) is 6.57 Å². The molecule has 5 aromatic rings. The summed E-state index contributed by atoms with van der Waals surface area (Å²) in [5.74, 6) is 0. The van der Waals surface area contributed by atoms with Crippen LogP contribution < -0.4 is 0 Å². The molecule has 0 saturated heterocycles. The molecule has 1 radical (unpaired) electrons. The van der Waals surface area contributed by atoms with E-state index in [1.54, 1.807) is 24.4 Å². The third-order valence-corrected chi connectivity index (χ3v) is 5.18. The minimum Gasteiger partial charge on any atom is -0.305 e. The third kappa shape index (κ3) is 6.60. The molecule has 0 N–H and O–H groups in total. The largest absolute Gasteiger partial charge is 0.305 e. The summed E-state index contributed by atoms with van der Waals surface area (Å²) < 4.78 is 0. The fraction of sp³-hybridized carbons (Fsp3) is 0. The maximum Gasteiger partial charge on any atom is 0.123 e. The van der Waals surface area contributed by atoms with Gasteiger partial charge in [0.2, 0.25) is 0 Å². The monoisotopic (exact) mass is 652 g/mol. The quantitative estimate of drug-likeness (QED) is 0.196. The van der Waals surface area contributed by atoms with E-state index in [9.17, 15) is 0 Å². The predicted molar refractivity (Wildman–Crippen MR) is 138 cm³/mol. The molecule has 0 bridgehead atoms. The molecule has 0 aliphatic carbocycles. The molecule has 177 valence electrons. The molecule has 6 heteroatoms. The van der Waals surface area contributed by atoms with Crippen LogP contribution in [0.25, 0.3) is 38.5 Å². The summed E-state index contributed by atoms with van der Waals surface area (Å²) in [5, 5.41) is 18.0. The maximum atomic E-state index is 9.08. The summed E-state index contributed by atoms with van der Waals surface area (Å²) >= 11 is 0. The first-order chi connectivity index (χ1) is 17.7. The second-order valence-electron chi connectivity index (χ2n) is 7.44. The van der Waals surface area contributed by atoms with Crippen LogP contribution in [0.3, 0.4) is 0 Å². The smallest absolute Gasteiger partial charge is 0.123 e. The van der Waals surface area contributed by atoms with Crippen LogP contribution in [0.15, 0.2) is 103 Å². The van der Waals surface area contributed by atoms with Crippen LogP contribution in [0.4, 0.5) is 5.69 Å². The van der Waals surface area contributed by atoms with E-state index in [2.05, 4.69) is 45.1 Å². The van der Waals surface area contributed by atoms with Gasteiger partial charge in [-0.1, -0.05) is 48.5 Å². The third-order valence-electron chi connectivity index (χ3n) is 5.18. The molecular weight excluding hydrogens is 635 g/mol. The Labute approximate surface area is 229 Å². The van der Waals surface area contributed by atoms with Crippen LogP contribution in [0.2, 0.25) is 0 Å². The van der Waals surface area contributed by atoms with Crippen molar-refractivity contribution in [3.05, 3.63) is 138 Å². The summed E-state index contributed by atoms with van der Waals surface area (Å²) in [7, 11) is 0. The van der Waals surface area contributed by atoms with Crippen molar-refractivity contribution in [2.45, 2.75) is 0 Å². The fourth-order valence-corrected chi connectivity index (χ4v) is 3.45. The van der Waals surface area contributed by atoms with Crippen LogP contribution in [0, 0.1) is 41.4 Å². The summed E-state index contributed by atoms with van der Waals surface area (Å²) in [5.41, 5.74) is 5.92. The van der Waals surface area contributed by atoms with E-state index in [4.69, 9.17) is 17.1 Å². The molecule has 0 unspecified atom stereocenters. The minimum absolute atomic E-state index is 0. The van der Waals surface area contributed by atoms with Gasteiger partial charge in [-0.3, -0.25) is 4.85 Å². The van der Waals surface area contributed by atoms with E-state index >= 15 is 0 Å². The van der Waals surface area contributed by atoms with Gasteiger partial charge >= 0.3 is 0 Å². The Hall–Kier alpha value is -4.92. The molecule has 5 nitrogen and oxygen atoms in total. The number of nitrogens with zero attached hydrogens (tertiary/aromatic N) is 5. The molecule has 5 rings (SSSR count). The first kappa shape index (κ1) is 26.7. The van der Waals surface area contributed by atoms with Crippen molar-refractivity contribution < 1.29 is 20.1 Å². The van der Waals surface area contributed by atoms with Crippen molar-refractivity contribution in [3.8, 4) is 45.8 Å². The van der Waals surface area contributed by atoms with Crippen molar-refractivity contribution in [3.63, 3.8) is 0 Å². The number of hydrogen-bond acceptors (Lipinski definition) is 4. The number of nitriles is 2. The number of rotatable bonds is 3. The molecule has 37 heavy (non-hydrogen) atoms. The van der Waals surface area contributed by atoms with Gasteiger partial charge in [-0.2, -0.15) is 0 Å². The Bertz CT molecular complexity index is 1540. The van der Waals surface area contributed by atoms with Gasteiger partial charge in [0.25, 0.3) is 0 Å². The molecule has 2 heterocycles. The Kier molecular flexibility index (Phi) is 9.55. The molecular formula is C31H17IrN5-2. The average molecular weight is 652 g/mol. The van der Waals surface area contributed by atoms with Gasteiger partial charge < -0.3 is 9.97 Å². The van der Waals surface area contributed by atoms with Gasteiger partial charge in [0, 0.05) is 44.6 Å². The van der Waals surface area contributed by atoms with E-state index < -0.39 is 0 Å². The van der Waals surface area contributed by atoms with Crippen molar-refractivity contribution in [1.29, 1.82) is 10.5 Å². The molecule has 0 amide bonds. The average Bonchev–Trinajstić information content (AvgIpc) is 2.98. The summed E-state index contributed by atoms with van der Waals surface area (Å²) in [4.78, 5) is 11.8. The van der Waals surface area contributed by atoms with E-state index in [0.717, 1.165) is 11.3 Å². The Balaban J connectivity index is 0.000000200. The number of benzene rings is 3. The van der Waals surface area contributed by atoms with Crippen LogP contribution in [0.5, 0.6) is 0 Å². The van der Waals surface area contributed by atoms with Crippen molar-refractivity contribution >= 4 is 5.69 Å². The molecule has 0 spiro atoms. The van der Waals surface area contributed by atoms with Crippen molar-refractivity contribution in [2.75, 3.05) is 0 Å². The summed E-state index contributed by atoms with van der Waals surface area (Å²) in [6, 6.07) is 38.9. The van der Waals surface area contributed by atoms with Gasteiger partial charge in [-0.05, 0) is 45.8 Å². The molecule has 0 aliphatic rings. The van der Waals surface area contributed by atoms with Crippen LogP contribution in [-0.4, -0.2) is 9.97 Å². The summed E-state index contributed by atoms with van der Waals surface area (Å²) in [6.07, 6.45) is 3.44. The zero-order valence-electron chi connectivity index (χ0n) is 19.4. The molecule has 0 saturated carbocycles. The Morgan fingerprint density at radius 1 is 0.730 bits per heavy atom. The van der Waals surface area contributed by atoms with Gasteiger partial charge in [-0.25, -0.2) is 10.5 Å². The standard InChI is InChI=1S/C17H12N.C14H5N4.Ir/c1-3-7-14(8-4-1)16-11-12-18-17(13-16)15-9-5-2-6-10-15;1-17-14-7-12(13-4-2-3-5-18-13)10(8-15)6-11(14)9-16;/h1-9,11-13H;2-6H;/q2*-1;. The van der Waals surface area contributed by atoms with E-state index in [-0.39, 0.29) is 36.9 Å². The van der Waals surface area contributed by atoms with Gasteiger partial charge in [-0.15, -0.1) is 53.6 Å². The number of aromatic nitrogens is 2. The zero-order valence-corrected chi connectivity index (χ0v) is 21.8. The van der Waals surface area contributed by atoms with E-state index in [1.807, 2.05) is 66.9 Å². The Morgan fingerprint density at radius 2 is 1.46 bits per heavy atom. The maximum absolute atomic E-state index is 9.08. The normalized spacial score (nSPS) is 9.32. The predicted octanol–water partition coefficient (Wildman–Crippen LogP) is 7.06. The van der Waals surface area contributed by atoms with Crippen LogP contribution >= 0.6 is 0 Å². The molecule has 0 fully saturated rings. The number of hydrogen-bond donors (Lipinski definition) is 0. The van der Waals surface area contributed by atoms with Crippen LogP contribution in [-0.2, 0) is 20.1 Å². The minimum atomic E-state index is 0. The van der Waals surface area contributed by atoms with E-state index in [1.165, 1.54) is 17.2 Å². The summed E-state index contributed by atoms with van der Waals surface area (Å²) in [6.45, 7) is 7.01. The topological polar surface area (TPSA) is 77.7 Å². The first-order valence-electron chi connectivity index (χ1n) is 10.9. The number of pyridine rings is 2. The first-order valence-corrected chi connectivity index (χ1v) is 10.9. The van der Waals surface area contributed by atoms with Gasteiger partial charge in [0.1, 0.15) is 5.69 Å². The second-order valence-corrected chi connectivity index (χ2v) is 7.44. The van der Waals surface area contributed by atoms with Crippen LogP contribution in [0.1, 0.15) is 11.1 Å².